The Hall–Kier alpha value is -2.65. The zero-order chi connectivity index (χ0) is 24.8. The van der Waals surface area contributed by atoms with Gasteiger partial charge in [0.2, 0.25) is 0 Å². The van der Waals surface area contributed by atoms with Gasteiger partial charge in [-0.3, -0.25) is 0 Å². The summed E-state index contributed by atoms with van der Waals surface area (Å²) in [5, 5.41) is 3.42. The minimum absolute atomic E-state index is 0.327. The molecule has 1 heterocycles. The van der Waals surface area contributed by atoms with E-state index in [1.165, 1.54) is 27.8 Å². The van der Waals surface area contributed by atoms with Crippen molar-refractivity contribution >= 4 is 17.2 Å². The Morgan fingerprint density at radius 2 is 1.70 bits per heavy atom. The number of nitrogens with two attached hydrogens (primary N) is 1. The molecule has 0 bridgehead atoms. The zero-order valence-electron chi connectivity index (χ0n) is 21.8. The molecule has 0 fully saturated rings. The van der Waals surface area contributed by atoms with Crippen LogP contribution in [0.3, 0.4) is 0 Å². The largest absolute Gasteiger partial charge is 0.344 e. The average Bonchev–Trinajstić information content (AvgIpc) is 2.72. The minimum Gasteiger partial charge on any atom is -0.344 e. The van der Waals surface area contributed by atoms with Gasteiger partial charge in [0.05, 0.1) is 5.69 Å². The van der Waals surface area contributed by atoms with E-state index in [2.05, 4.69) is 90.3 Å². The van der Waals surface area contributed by atoms with E-state index in [0.29, 0.717) is 5.92 Å². The highest BCUT2D eigenvalue weighted by Crippen LogP contribution is 2.32. The van der Waals surface area contributed by atoms with E-state index in [-0.39, 0.29) is 5.54 Å². The van der Waals surface area contributed by atoms with E-state index in [1.807, 2.05) is 6.92 Å². The number of allylic oxidation sites excluding steroid dienone is 1. The predicted molar refractivity (Wildman–Crippen MR) is 146 cm³/mol. The quantitative estimate of drug-likeness (QED) is 0.337. The van der Waals surface area contributed by atoms with Gasteiger partial charge >= 0.3 is 0 Å². The molecule has 33 heavy (non-hydrogen) atoms. The average molecular weight is 446 g/mol. The number of hydrogen-bond donors (Lipinski definition) is 2. The summed E-state index contributed by atoms with van der Waals surface area (Å²) in [7, 11) is 0. The summed E-state index contributed by atoms with van der Waals surface area (Å²) < 4.78 is 0. The number of hydrogen-bond acceptors (Lipinski definition) is 3. The number of fused-ring (bicyclic) bond motifs is 1. The first kappa shape index (κ1) is 26.6. The van der Waals surface area contributed by atoms with Crippen molar-refractivity contribution in [2.24, 2.45) is 10.7 Å². The second kappa shape index (κ2) is 11.5. The summed E-state index contributed by atoms with van der Waals surface area (Å²) in [6.07, 6.45) is 5.92. The lowest BCUT2D eigenvalue weighted by Gasteiger charge is -2.26. The summed E-state index contributed by atoms with van der Waals surface area (Å²) >= 11 is 0. The third kappa shape index (κ3) is 6.91. The van der Waals surface area contributed by atoms with Gasteiger partial charge in [-0.2, -0.15) is 0 Å². The SMILES string of the molecule is C=C1NC(CCCCc2c(C(C)C)cccc2C(C)(C)N)=Nc2cc(C)c(C)cc21.C=CC. The number of nitrogens with one attached hydrogen (secondary N) is 1. The molecule has 0 atom stereocenters. The molecule has 0 saturated heterocycles. The fraction of sp³-hybridized carbons (Fsp3) is 0.433. The molecular formula is C30H43N3. The minimum atomic E-state index is -0.327. The van der Waals surface area contributed by atoms with Crippen LogP contribution in [0.2, 0.25) is 0 Å². The van der Waals surface area contributed by atoms with Gasteiger partial charge in [-0.25, -0.2) is 4.99 Å². The van der Waals surface area contributed by atoms with Crippen LogP contribution in [-0.2, 0) is 12.0 Å². The second-order valence-corrected chi connectivity index (χ2v) is 9.98. The third-order valence-corrected chi connectivity index (χ3v) is 6.11. The van der Waals surface area contributed by atoms with Gasteiger partial charge < -0.3 is 11.1 Å². The number of nitrogens with zero attached hydrogens (tertiary/aromatic N) is 1. The maximum atomic E-state index is 6.49. The first-order valence-corrected chi connectivity index (χ1v) is 12.1. The number of benzene rings is 2. The molecule has 3 rings (SSSR count). The van der Waals surface area contributed by atoms with Gasteiger partial charge in [-0.05, 0) is 99.7 Å². The van der Waals surface area contributed by atoms with Gasteiger partial charge in [-0.15, -0.1) is 6.58 Å². The Kier molecular flexibility index (Phi) is 9.25. The lowest BCUT2D eigenvalue weighted by atomic mass is 9.83. The van der Waals surface area contributed by atoms with Crippen molar-refractivity contribution < 1.29 is 0 Å². The molecule has 1 aliphatic rings. The molecule has 0 aromatic heterocycles. The van der Waals surface area contributed by atoms with E-state index in [4.69, 9.17) is 10.7 Å². The molecule has 2 aromatic rings. The Morgan fingerprint density at radius 1 is 1.09 bits per heavy atom. The molecule has 0 unspecified atom stereocenters. The Morgan fingerprint density at radius 3 is 2.30 bits per heavy atom. The molecular weight excluding hydrogens is 402 g/mol. The molecule has 0 spiro atoms. The van der Waals surface area contributed by atoms with E-state index < -0.39 is 0 Å². The number of aryl methyl sites for hydroxylation is 2. The van der Waals surface area contributed by atoms with Gasteiger partial charge in [-0.1, -0.05) is 44.7 Å². The van der Waals surface area contributed by atoms with Crippen LogP contribution >= 0.6 is 0 Å². The standard InChI is InChI=1S/C27H37N3.C3H6/c1-17(2)21-12-10-13-24(27(6,7)28)22(21)11-8-9-14-26-29-20(5)23-15-18(3)19(4)16-25(23)30-26;1-3-2/h10,12-13,15-17H,5,8-9,11,14,28H2,1-4,6-7H3,(H,29,30);3H,1H2,2H3. The van der Waals surface area contributed by atoms with Crippen molar-refractivity contribution in [1.82, 2.24) is 5.32 Å². The van der Waals surface area contributed by atoms with Gasteiger partial charge in [0, 0.05) is 23.2 Å². The maximum Gasteiger partial charge on any atom is 0.107 e. The first-order chi connectivity index (χ1) is 15.5. The fourth-order valence-corrected chi connectivity index (χ4v) is 4.29. The molecule has 1 aliphatic heterocycles. The molecule has 0 aliphatic carbocycles. The third-order valence-electron chi connectivity index (χ3n) is 6.11. The lowest BCUT2D eigenvalue weighted by molar-refractivity contribution is 0.543. The Balaban J connectivity index is 0.00000122. The van der Waals surface area contributed by atoms with Crippen molar-refractivity contribution in [2.45, 2.75) is 85.6 Å². The summed E-state index contributed by atoms with van der Waals surface area (Å²) in [5.74, 6) is 1.52. The van der Waals surface area contributed by atoms with E-state index >= 15 is 0 Å². The maximum absolute atomic E-state index is 6.49. The van der Waals surface area contributed by atoms with Crippen molar-refractivity contribution in [2.75, 3.05) is 0 Å². The van der Waals surface area contributed by atoms with Gasteiger partial charge in [0.1, 0.15) is 5.84 Å². The fourth-order valence-electron chi connectivity index (χ4n) is 4.29. The van der Waals surface area contributed by atoms with Crippen molar-refractivity contribution in [3.63, 3.8) is 0 Å². The van der Waals surface area contributed by atoms with Gasteiger partial charge in [0.15, 0.2) is 0 Å². The Bertz CT molecular complexity index is 1020. The van der Waals surface area contributed by atoms with Crippen molar-refractivity contribution in [1.29, 1.82) is 0 Å². The summed E-state index contributed by atoms with van der Waals surface area (Å²) in [5.41, 5.74) is 15.9. The molecule has 2 aromatic carbocycles. The van der Waals surface area contributed by atoms with Crippen molar-refractivity contribution in [3.8, 4) is 0 Å². The number of amidine groups is 1. The van der Waals surface area contributed by atoms with Crippen LogP contribution in [0.4, 0.5) is 5.69 Å². The molecule has 0 amide bonds. The highest BCUT2D eigenvalue weighted by atomic mass is 15.0. The highest BCUT2D eigenvalue weighted by Gasteiger charge is 2.21. The summed E-state index contributed by atoms with van der Waals surface area (Å²) in [4.78, 5) is 4.87. The Labute approximate surface area is 201 Å². The van der Waals surface area contributed by atoms with Gasteiger partial charge in [0.25, 0.3) is 0 Å². The number of rotatable bonds is 7. The topological polar surface area (TPSA) is 50.4 Å². The van der Waals surface area contributed by atoms with Crippen LogP contribution in [-0.4, -0.2) is 5.84 Å². The van der Waals surface area contributed by atoms with E-state index in [9.17, 15) is 0 Å². The zero-order valence-corrected chi connectivity index (χ0v) is 21.8. The second-order valence-electron chi connectivity index (χ2n) is 9.98. The molecule has 0 radical (unpaired) electrons. The highest BCUT2D eigenvalue weighted by molar-refractivity contribution is 5.97. The van der Waals surface area contributed by atoms with Crippen LogP contribution in [0, 0.1) is 13.8 Å². The first-order valence-electron chi connectivity index (χ1n) is 12.1. The molecule has 3 N–H and O–H groups in total. The number of aliphatic imine (C=N–C) groups is 1. The molecule has 3 nitrogen and oxygen atoms in total. The van der Waals surface area contributed by atoms with E-state index in [1.54, 1.807) is 6.08 Å². The monoisotopic (exact) mass is 445 g/mol. The smallest absolute Gasteiger partial charge is 0.107 e. The summed E-state index contributed by atoms with van der Waals surface area (Å²) in [6, 6.07) is 11.0. The van der Waals surface area contributed by atoms with Crippen LogP contribution in [0.1, 0.15) is 93.2 Å². The molecule has 178 valence electrons. The van der Waals surface area contributed by atoms with E-state index in [0.717, 1.165) is 48.5 Å². The van der Waals surface area contributed by atoms with Crippen LogP contribution in [0.5, 0.6) is 0 Å². The van der Waals surface area contributed by atoms with Crippen molar-refractivity contribution in [3.05, 3.63) is 82.9 Å². The predicted octanol–water partition coefficient (Wildman–Crippen LogP) is 7.83. The summed E-state index contributed by atoms with van der Waals surface area (Å²) in [6.45, 7) is 22.5. The number of unbranched alkanes of at least 4 members (excludes halogenated alkanes) is 1. The van der Waals surface area contributed by atoms with Crippen LogP contribution < -0.4 is 11.1 Å². The molecule has 3 heteroatoms. The molecule has 0 saturated carbocycles. The normalized spacial score (nSPS) is 13.0. The lowest BCUT2D eigenvalue weighted by Crippen LogP contribution is -2.30. The van der Waals surface area contributed by atoms with Crippen LogP contribution in [0.25, 0.3) is 5.70 Å². The van der Waals surface area contributed by atoms with Crippen LogP contribution in [0.15, 0.2) is 54.6 Å².